The van der Waals surface area contributed by atoms with Gasteiger partial charge in [0.05, 0.1) is 12.4 Å². The summed E-state index contributed by atoms with van der Waals surface area (Å²) in [6.07, 6.45) is 0.877. The first-order chi connectivity index (χ1) is 17.9. The molecule has 0 aliphatic carbocycles. The van der Waals surface area contributed by atoms with E-state index in [0.717, 1.165) is 16.9 Å². The number of amides is 2. The second-order valence-electron chi connectivity index (χ2n) is 8.20. The van der Waals surface area contributed by atoms with Gasteiger partial charge < -0.3 is 10.1 Å². The highest BCUT2D eigenvalue weighted by Crippen LogP contribution is 2.42. The third kappa shape index (κ3) is 6.28. The number of carbonyl (C=O) groups excluding carboxylic acids is 2. The molecule has 3 aromatic rings. The Labute approximate surface area is 229 Å². The maximum absolute atomic E-state index is 13.6. The van der Waals surface area contributed by atoms with Gasteiger partial charge in [-0.25, -0.2) is 0 Å². The van der Waals surface area contributed by atoms with Crippen LogP contribution < -0.4 is 15.0 Å². The average molecular weight is 552 g/mol. The van der Waals surface area contributed by atoms with Gasteiger partial charge in [0.2, 0.25) is 5.91 Å². The molecular formula is C28H23Cl2N3O3S. The molecule has 1 aliphatic heterocycles. The van der Waals surface area contributed by atoms with E-state index in [4.69, 9.17) is 27.9 Å². The van der Waals surface area contributed by atoms with E-state index in [0.29, 0.717) is 40.1 Å². The topological polar surface area (TPSA) is 82.4 Å². The van der Waals surface area contributed by atoms with Crippen molar-refractivity contribution >= 4 is 52.5 Å². The molecule has 1 aliphatic rings. The summed E-state index contributed by atoms with van der Waals surface area (Å²) in [5, 5.41) is 13.5. The number of anilines is 1. The Bertz CT molecular complexity index is 1370. The first kappa shape index (κ1) is 26.6. The number of nitrogens with zero attached hydrogens (tertiary/aromatic N) is 2. The van der Waals surface area contributed by atoms with Crippen LogP contribution in [0.3, 0.4) is 0 Å². The monoisotopic (exact) mass is 551 g/mol. The first-order valence-electron chi connectivity index (χ1n) is 11.5. The number of nitrogens with one attached hydrogen (secondary N) is 1. The molecule has 9 heteroatoms. The molecule has 0 aromatic heterocycles. The SMILES string of the molecule is COc1ccc(CCNC(=O)C(C#N)=C2SC(Cc3cc(Cl)ccc3Cl)C(=O)N2c2ccccc2)cc1. The molecular weight excluding hydrogens is 529 g/mol. The van der Waals surface area contributed by atoms with Crippen molar-refractivity contribution in [1.82, 2.24) is 5.32 Å². The van der Waals surface area contributed by atoms with Crippen LogP contribution in [-0.2, 0) is 22.4 Å². The van der Waals surface area contributed by atoms with Crippen LogP contribution in [0.4, 0.5) is 5.69 Å². The molecule has 37 heavy (non-hydrogen) atoms. The average Bonchev–Trinajstić information content (AvgIpc) is 3.22. The summed E-state index contributed by atoms with van der Waals surface area (Å²) in [7, 11) is 1.60. The number of hydrogen-bond acceptors (Lipinski definition) is 5. The number of para-hydroxylation sites is 1. The maximum Gasteiger partial charge on any atom is 0.264 e. The number of benzene rings is 3. The van der Waals surface area contributed by atoms with E-state index >= 15 is 0 Å². The van der Waals surface area contributed by atoms with Crippen LogP contribution in [-0.4, -0.2) is 30.7 Å². The fourth-order valence-corrected chi connectivity index (χ4v) is 5.58. The van der Waals surface area contributed by atoms with Crippen molar-refractivity contribution in [3.63, 3.8) is 0 Å². The summed E-state index contributed by atoms with van der Waals surface area (Å²) in [6, 6.07) is 23.6. The Morgan fingerprint density at radius 1 is 1.11 bits per heavy atom. The molecule has 2 amide bonds. The van der Waals surface area contributed by atoms with Crippen LogP contribution in [0, 0.1) is 11.3 Å². The van der Waals surface area contributed by atoms with Crippen molar-refractivity contribution in [3.8, 4) is 11.8 Å². The van der Waals surface area contributed by atoms with E-state index in [1.807, 2.05) is 36.4 Å². The normalized spacial score (nSPS) is 16.3. The van der Waals surface area contributed by atoms with Crippen LogP contribution in [0.15, 0.2) is 83.4 Å². The first-order valence-corrected chi connectivity index (χ1v) is 13.1. The number of nitriles is 1. The minimum atomic E-state index is -0.582. The predicted molar refractivity (Wildman–Crippen MR) is 148 cm³/mol. The van der Waals surface area contributed by atoms with Crippen molar-refractivity contribution in [3.05, 3.63) is 105 Å². The van der Waals surface area contributed by atoms with Crippen molar-refractivity contribution in [1.29, 1.82) is 5.26 Å². The molecule has 0 bridgehead atoms. The van der Waals surface area contributed by atoms with Crippen LogP contribution in [0.2, 0.25) is 10.0 Å². The van der Waals surface area contributed by atoms with Gasteiger partial charge in [0.1, 0.15) is 22.4 Å². The van der Waals surface area contributed by atoms with Crippen LogP contribution >= 0.6 is 35.0 Å². The summed E-state index contributed by atoms with van der Waals surface area (Å²) in [5.41, 5.74) is 2.20. The fraction of sp³-hybridized carbons (Fsp3) is 0.179. The highest BCUT2D eigenvalue weighted by atomic mass is 35.5. The number of thioether (sulfide) groups is 1. The highest BCUT2D eigenvalue weighted by molar-refractivity contribution is 8.05. The van der Waals surface area contributed by atoms with Gasteiger partial charge in [-0.2, -0.15) is 5.26 Å². The Kier molecular flexibility index (Phi) is 8.78. The van der Waals surface area contributed by atoms with Gasteiger partial charge in [-0.3, -0.25) is 14.5 Å². The number of methoxy groups -OCH3 is 1. The van der Waals surface area contributed by atoms with Gasteiger partial charge in [-0.15, -0.1) is 0 Å². The Morgan fingerprint density at radius 3 is 2.51 bits per heavy atom. The zero-order chi connectivity index (χ0) is 26.4. The summed E-state index contributed by atoms with van der Waals surface area (Å²) in [4.78, 5) is 28.1. The van der Waals surface area contributed by atoms with Gasteiger partial charge in [-0.05, 0) is 66.4 Å². The number of ether oxygens (including phenoxy) is 1. The van der Waals surface area contributed by atoms with E-state index in [1.54, 1.807) is 49.6 Å². The number of rotatable bonds is 8. The molecule has 1 fully saturated rings. The summed E-state index contributed by atoms with van der Waals surface area (Å²) in [5.74, 6) is -0.0171. The lowest BCUT2D eigenvalue weighted by molar-refractivity contribution is -0.117. The van der Waals surface area contributed by atoms with E-state index < -0.39 is 11.2 Å². The third-order valence-corrected chi connectivity index (χ3v) is 7.66. The van der Waals surface area contributed by atoms with Gasteiger partial charge in [0.15, 0.2) is 0 Å². The molecule has 0 spiro atoms. The molecule has 0 radical (unpaired) electrons. The molecule has 4 rings (SSSR count). The van der Waals surface area contributed by atoms with Crippen molar-refractivity contribution < 1.29 is 14.3 Å². The molecule has 1 N–H and O–H groups in total. The minimum absolute atomic E-state index is 0.114. The standard InChI is InChI=1S/C28H23Cl2N3O3S/c1-36-22-10-7-18(8-11-22)13-14-32-26(34)23(17-31)28-33(21-5-3-2-4-6-21)27(35)25(37-28)16-19-15-20(29)9-12-24(19)30/h2-12,15,25H,13-14,16H2,1H3,(H,32,34). The Balaban J connectivity index is 1.58. The van der Waals surface area contributed by atoms with E-state index in [9.17, 15) is 14.9 Å². The van der Waals surface area contributed by atoms with Crippen LogP contribution in [0.5, 0.6) is 5.75 Å². The van der Waals surface area contributed by atoms with Gasteiger partial charge in [-0.1, -0.05) is 65.3 Å². The minimum Gasteiger partial charge on any atom is -0.497 e. The van der Waals surface area contributed by atoms with Gasteiger partial charge in [0.25, 0.3) is 5.91 Å². The quantitative estimate of drug-likeness (QED) is 0.283. The maximum atomic E-state index is 13.6. The van der Waals surface area contributed by atoms with Crippen molar-refractivity contribution in [2.45, 2.75) is 18.1 Å². The molecule has 6 nitrogen and oxygen atoms in total. The van der Waals surface area contributed by atoms with Crippen LogP contribution in [0.1, 0.15) is 11.1 Å². The lowest BCUT2D eigenvalue weighted by Crippen LogP contribution is -2.32. The van der Waals surface area contributed by atoms with Gasteiger partial charge >= 0.3 is 0 Å². The van der Waals surface area contributed by atoms with E-state index in [2.05, 4.69) is 5.32 Å². The summed E-state index contributed by atoms with van der Waals surface area (Å²) in [6.45, 7) is 0.328. The smallest absolute Gasteiger partial charge is 0.264 e. The van der Waals surface area contributed by atoms with E-state index in [-0.39, 0.29) is 11.5 Å². The second-order valence-corrected chi connectivity index (χ2v) is 10.2. The largest absolute Gasteiger partial charge is 0.497 e. The zero-order valence-electron chi connectivity index (χ0n) is 19.9. The summed E-state index contributed by atoms with van der Waals surface area (Å²) >= 11 is 13.7. The van der Waals surface area contributed by atoms with E-state index in [1.165, 1.54) is 16.7 Å². The third-order valence-electron chi connectivity index (χ3n) is 5.79. The number of carbonyl (C=O) groups is 2. The van der Waals surface area contributed by atoms with Crippen molar-refractivity contribution in [2.24, 2.45) is 0 Å². The molecule has 188 valence electrons. The number of hydrogen-bond donors (Lipinski definition) is 1. The predicted octanol–water partition coefficient (Wildman–Crippen LogP) is 5.79. The molecule has 1 saturated heterocycles. The lowest BCUT2D eigenvalue weighted by Gasteiger charge is -2.18. The molecule has 1 heterocycles. The molecule has 3 aromatic carbocycles. The fourth-order valence-electron chi connectivity index (χ4n) is 3.90. The molecule has 1 atom stereocenters. The molecule has 0 saturated carbocycles. The lowest BCUT2D eigenvalue weighted by atomic mass is 10.1. The zero-order valence-corrected chi connectivity index (χ0v) is 22.2. The number of halogens is 2. The Hall–Kier alpha value is -3.44. The molecule has 1 unspecified atom stereocenters. The summed E-state index contributed by atoms with van der Waals surface area (Å²) < 4.78 is 5.17. The highest BCUT2D eigenvalue weighted by Gasteiger charge is 2.41. The second kappa shape index (κ2) is 12.2. The van der Waals surface area contributed by atoms with Gasteiger partial charge in [0, 0.05) is 22.3 Å². The van der Waals surface area contributed by atoms with Crippen LogP contribution in [0.25, 0.3) is 0 Å². The Morgan fingerprint density at radius 2 is 1.84 bits per heavy atom. The van der Waals surface area contributed by atoms with Crippen molar-refractivity contribution in [2.75, 3.05) is 18.6 Å².